The molecule has 110 valence electrons. The van der Waals surface area contributed by atoms with Gasteiger partial charge in [-0.25, -0.2) is 4.98 Å². The van der Waals surface area contributed by atoms with E-state index in [-0.39, 0.29) is 0 Å². The van der Waals surface area contributed by atoms with Crippen LogP contribution >= 0.6 is 11.3 Å². The number of aryl methyl sites for hydroxylation is 4. The maximum Gasteiger partial charge on any atom is 0.315 e. The summed E-state index contributed by atoms with van der Waals surface area (Å²) in [4.78, 5) is 28.9. The van der Waals surface area contributed by atoms with Gasteiger partial charge in [0, 0.05) is 10.6 Å². The topological polar surface area (TPSA) is 71.1 Å². The average molecular weight is 303 g/mol. The van der Waals surface area contributed by atoms with Crippen LogP contribution in [-0.2, 0) is 9.59 Å². The van der Waals surface area contributed by atoms with Gasteiger partial charge < -0.3 is 5.32 Å². The van der Waals surface area contributed by atoms with Crippen LogP contribution in [0.4, 0.5) is 10.8 Å². The Morgan fingerprint density at radius 1 is 1.05 bits per heavy atom. The molecular weight excluding hydrogens is 286 g/mol. The van der Waals surface area contributed by atoms with Crippen molar-refractivity contribution in [2.75, 3.05) is 10.6 Å². The predicted octanol–water partition coefficient (Wildman–Crippen LogP) is 2.95. The highest BCUT2D eigenvalue weighted by Gasteiger charge is 2.17. The number of anilines is 2. The third kappa shape index (κ3) is 3.66. The zero-order valence-electron chi connectivity index (χ0n) is 12.4. The number of carbonyl (C=O) groups is 2. The Hall–Kier alpha value is -2.21. The zero-order chi connectivity index (χ0) is 15.6. The minimum absolute atomic E-state index is 0.436. The fourth-order valence-corrected chi connectivity index (χ4v) is 2.62. The minimum atomic E-state index is -0.719. The first-order chi connectivity index (χ1) is 9.86. The van der Waals surface area contributed by atoms with Crippen molar-refractivity contribution in [3.05, 3.63) is 39.9 Å². The van der Waals surface area contributed by atoms with Gasteiger partial charge in [0.1, 0.15) is 0 Å². The second kappa shape index (κ2) is 6.05. The zero-order valence-corrected chi connectivity index (χ0v) is 13.2. The molecule has 0 bridgehead atoms. The number of aromatic nitrogens is 1. The molecule has 0 aliphatic rings. The van der Waals surface area contributed by atoms with Gasteiger partial charge >= 0.3 is 11.8 Å². The first-order valence-corrected chi connectivity index (χ1v) is 7.32. The Labute approximate surface area is 127 Å². The van der Waals surface area contributed by atoms with Gasteiger partial charge in [0.25, 0.3) is 0 Å². The Morgan fingerprint density at radius 2 is 1.71 bits per heavy atom. The second-order valence-electron chi connectivity index (χ2n) is 4.89. The summed E-state index contributed by atoms with van der Waals surface area (Å²) in [5.74, 6) is -1.42. The van der Waals surface area contributed by atoms with Gasteiger partial charge in [-0.05, 0) is 39.3 Å². The molecule has 1 heterocycles. The lowest BCUT2D eigenvalue weighted by molar-refractivity contribution is -0.133. The molecule has 5 nitrogen and oxygen atoms in total. The first-order valence-electron chi connectivity index (χ1n) is 6.50. The molecule has 0 radical (unpaired) electrons. The van der Waals surface area contributed by atoms with Crippen LogP contribution in [0.15, 0.2) is 18.2 Å². The SMILES string of the molecule is Cc1ccc(NC(=O)C(=O)Nc2nc(C)c(C)s2)c(C)c1. The molecule has 2 aromatic rings. The number of thiazole rings is 1. The monoisotopic (exact) mass is 303 g/mol. The first kappa shape index (κ1) is 15.2. The number of carbonyl (C=O) groups excluding carboxylic acids is 2. The van der Waals surface area contributed by atoms with Crippen LogP contribution < -0.4 is 10.6 Å². The van der Waals surface area contributed by atoms with Crippen molar-refractivity contribution in [2.24, 2.45) is 0 Å². The number of rotatable bonds is 2. The van der Waals surface area contributed by atoms with E-state index in [1.807, 2.05) is 39.8 Å². The number of nitrogens with zero attached hydrogens (tertiary/aromatic N) is 1. The highest BCUT2D eigenvalue weighted by molar-refractivity contribution is 7.15. The molecule has 0 unspecified atom stereocenters. The molecule has 0 aliphatic heterocycles. The van der Waals surface area contributed by atoms with E-state index in [9.17, 15) is 9.59 Å². The molecule has 2 N–H and O–H groups in total. The molecule has 6 heteroatoms. The molecule has 21 heavy (non-hydrogen) atoms. The summed E-state index contributed by atoms with van der Waals surface area (Å²) in [7, 11) is 0. The molecular formula is C15H17N3O2S. The van der Waals surface area contributed by atoms with E-state index in [0.29, 0.717) is 10.8 Å². The Balaban J connectivity index is 2.04. The van der Waals surface area contributed by atoms with Crippen molar-refractivity contribution >= 4 is 34.0 Å². The van der Waals surface area contributed by atoms with E-state index in [4.69, 9.17) is 0 Å². The maximum absolute atomic E-state index is 11.9. The molecule has 0 fully saturated rings. The number of hydrogen-bond acceptors (Lipinski definition) is 4. The lowest BCUT2D eigenvalue weighted by Gasteiger charge is -2.08. The van der Waals surface area contributed by atoms with Crippen LogP contribution in [0.2, 0.25) is 0 Å². The Bertz CT molecular complexity index is 687. The van der Waals surface area contributed by atoms with Crippen LogP contribution in [0.1, 0.15) is 21.7 Å². The smallest absolute Gasteiger partial charge is 0.315 e. The van der Waals surface area contributed by atoms with Gasteiger partial charge in [-0.3, -0.25) is 14.9 Å². The lowest BCUT2D eigenvalue weighted by Crippen LogP contribution is -2.29. The lowest BCUT2D eigenvalue weighted by atomic mass is 10.1. The third-order valence-electron chi connectivity index (χ3n) is 3.09. The van der Waals surface area contributed by atoms with Gasteiger partial charge in [0.2, 0.25) is 0 Å². The molecule has 1 aromatic heterocycles. The summed E-state index contributed by atoms with van der Waals surface area (Å²) >= 11 is 1.35. The van der Waals surface area contributed by atoms with Gasteiger partial charge in [-0.2, -0.15) is 0 Å². The van der Waals surface area contributed by atoms with E-state index < -0.39 is 11.8 Å². The third-order valence-corrected chi connectivity index (χ3v) is 4.07. The summed E-state index contributed by atoms with van der Waals surface area (Å²) < 4.78 is 0. The summed E-state index contributed by atoms with van der Waals surface area (Å²) in [6.07, 6.45) is 0. The normalized spacial score (nSPS) is 10.3. The predicted molar refractivity (Wildman–Crippen MR) is 84.8 cm³/mol. The largest absolute Gasteiger partial charge is 0.318 e. The van der Waals surface area contributed by atoms with Crippen molar-refractivity contribution in [3.8, 4) is 0 Å². The number of hydrogen-bond donors (Lipinski definition) is 2. The van der Waals surface area contributed by atoms with Crippen molar-refractivity contribution in [1.82, 2.24) is 4.98 Å². The van der Waals surface area contributed by atoms with Gasteiger partial charge in [-0.1, -0.05) is 17.7 Å². The van der Waals surface area contributed by atoms with Crippen molar-refractivity contribution in [1.29, 1.82) is 0 Å². The van der Waals surface area contributed by atoms with Crippen LogP contribution in [0.25, 0.3) is 0 Å². The van der Waals surface area contributed by atoms with Gasteiger partial charge in [0.15, 0.2) is 5.13 Å². The Kier molecular flexibility index (Phi) is 4.37. The number of nitrogens with one attached hydrogen (secondary N) is 2. The molecule has 0 spiro atoms. The summed E-state index contributed by atoms with van der Waals surface area (Å²) in [6.45, 7) is 7.63. The van der Waals surface area contributed by atoms with Gasteiger partial charge in [-0.15, -0.1) is 11.3 Å². The molecule has 2 rings (SSSR count). The number of amides is 2. The standard InChI is InChI=1S/C15H17N3O2S/c1-8-5-6-12(9(2)7-8)17-13(19)14(20)18-15-16-10(3)11(4)21-15/h5-7H,1-4H3,(H,17,19)(H,16,18,20). The van der Waals surface area contributed by atoms with E-state index in [2.05, 4.69) is 15.6 Å². The molecule has 2 amide bonds. The number of benzene rings is 1. The van der Waals surface area contributed by atoms with Crippen LogP contribution in [0, 0.1) is 27.7 Å². The minimum Gasteiger partial charge on any atom is -0.318 e. The quantitative estimate of drug-likeness (QED) is 0.838. The summed E-state index contributed by atoms with van der Waals surface area (Å²) in [6, 6.07) is 5.61. The molecule has 0 saturated heterocycles. The molecule has 0 saturated carbocycles. The summed E-state index contributed by atoms with van der Waals surface area (Å²) in [5, 5.41) is 5.55. The molecule has 0 atom stereocenters. The van der Waals surface area contributed by atoms with E-state index in [1.165, 1.54) is 11.3 Å². The van der Waals surface area contributed by atoms with Crippen LogP contribution in [0.3, 0.4) is 0 Å². The van der Waals surface area contributed by atoms with E-state index >= 15 is 0 Å². The highest BCUT2D eigenvalue weighted by atomic mass is 32.1. The van der Waals surface area contributed by atoms with Crippen molar-refractivity contribution in [3.63, 3.8) is 0 Å². The van der Waals surface area contributed by atoms with Crippen LogP contribution in [-0.4, -0.2) is 16.8 Å². The van der Waals surface area contributed by atoms with Crippen molar-refractivity contribution < 1.29 is 9.59 Å². The fraction of sp³-hybridized carbons (Fsp3) is 0.267. The van der Waals surface area contributed by atoms with Crippen LogP contribution in [0.5, 0.6) is 0 Å². The Morgan fingerprint density at radius 3 is 2.29 bits per heavy atom. The highest BCUT2D eigenvalue weighted by Crippen LogP contribution is 2.21. The van der Waals surface area contributed by atoms with E-state index in [0.717, 1.165) is 21.7 Å². The molecule has 1 aromatic carbocycles. The van der Waals surface area contributed by atoms with Crippen molar-refractivity contribution in [2.45, 2.75) is 27.7 Å². The maximum atomic E-state index is 11.9. The average Bonchev–Trinajstić information content (AvgIpc) is 2.71. The second-order valence-corrected chi connectivity index (χ2v) is 6.09. The molecule has 0 aliphatic carbocycles. The summed E-state index contributed by atoms with van der Waals surface area (Å²) in [5.41, 5.74) is 3.50. The fourth-order valence-electron chi connectivity index (χ4n) is 1.81. The van der Waals surface area contributed by atoms with E-state index in [1.54, 1.807) is 6.07 Å². The van der Waals surface area contributed by atoms with Gasteiger partial charge in [0.05, 0.1) is 5.69 Å².